The van der Waals surface area contributed by atoms with Gasteiger partial charge in [-0.25, -0.2) is 0 Å². The topological polar surface area (TPSA) is 0 Å². The highest BCUT2D eigenvalue weighted by atomic mass is 14.3. The van der Waals surface area contributed by atoms with Gasteiger partial charge in [-0.15, -0.1) is 0 Å². The standard InChI is InChI=1S/C15H30/c1-11(2)13(4)7-8-14(5)15-9-6-12(3)10-15/h11-15H,6-10H2,1-5H3. The van der Waals surface area contributed by atoms with E-state index in [1.807, 2.05) is 0 Å². The Bertz CT molecular complexity index is 171. The van der Waals surface area contributed by atoms with Crippen LogP contribution in [-0.2, 0) is 0 Å². The quantitative estimate of drug-likeness (QED) is 0.590. The second-order valence-corrected chi connectivity index (χ2v) is 6.45. The average molecular weight is 210 g/mol. The molecule has 0 aromatic carbocycles. The van der Waals surface area contributed by atoms with E-state index in [1.165, 1.54) is 32.1 Å². The third-order valence-corrected chi connectivity index (χ3v) is 4.76. The largest absolute Gasteiger partial charge is 0.0625 e. The molecule has 0 heterocycles. The SMILES string of the molecule is CC1CCC(C(C)CCC(C)C(C)C)C1. The minimum atomic E-state index is 0.861. The van der Waals surface area contributed by atoms with Gasteiger partial charge in [0, 0.05) is 0 Å². The summed E-state index contributed by atoms with van der Waals surface area (Å²) in [5.74, 6) is 4.78. The first kappa shape index (κ1) is 13.1. The number of rotatable bonds is 5. The molecule has 0 bridgehead atoms. The van der Waals surface area contributed by atoms with Crippen LogP contribution in [0.3, 0.4) is 0 Å². The molecule has 15 heavy (non-hydrogen) atoms. The van der Waals surface area contributed by atoms with Crippen molar-refractivity contribution in [3.8, 4) is 0 Å². The average Bonchev–Trinajstić information content (AvgIpc) is 2.60. The predicted molar refractivity (Wildman–Crippen MR) is 68.9 cm³/mol. The normalized spacial score (nSPS) is 30.8. The van der Waals surface area contributed by atoms with Crippen LogP contribution in [0.2, 0.25) is 0 Å². The maximum Gasteiger partial charge on any atom is -0.0386 e. The summed E-state index contributed by atoms with van der Waals surface area (Å²) in [4.78, 5) is 0. The van der Waals surface area contributed by atoms with Crippen molar-refractivity contribution in [1.29, 1.82) is 0 Å². The minimum Gasteiger partial charge on any atom is -0.0625 e. The van der Waals surface area contributed by atoms with E-state index in [-0.39, 0.29) is 0 Å². The van der Waals surface area contributed by atoms with Crippen LogP contribution in [0.1, 0.15) is 66.7 Å². The van der Waals surface area contributed by atoms with E-state index in [1.54, 1.807) is 0 Å². The van der Waals surface area contributed by atoms with Crippen molar-refractivity contribution in [2.24, 2.45) is 29.6 Å². The molecule has 90 valence electrons. The Morgan fingerprint density at radius 2 is 1.67 bits per heavy atom. The molecule has 4 atom stereocenters. The fourth-order valence-electron chi connectivity index (χ4n) is 2.86. The molecule has 0 heteroatoms. The lowest BCUT2D eigenvalue weighted by Gasteiger charge is -2.22. The monoisotopic (exact) mass is 210 g/mol. The molecule has 1 fully saturated rings. The Balaban J connectivity index is 2.21. The third-order valence-electron chi connectivity index (χ3n) is 4.76. The van der Waals surface area contributed by atoms with Crippen molar-refractivity contribution < 1.29 is 0 Å². The summed E-state index contributed by atoms with van der Waals surface area (Å²) in [6.45, 7) is 12.0. The molecule has 0 spiro atoms. The second kappa shape index (κ2) is 5.92. The van der Waals surface area contributed by atoms with Crippen molar-refractivity contribution in [2.45, 2.75) is 66.7 Å². The fourth-order valence-corrected chi connectivity index (χ4v) is 2.86. The van der Waals surface area contributed by atoms with Crippen LogP contribution in [0, 0.1) is 29.6 Å². The molecule has 4 unspecified atom stereocenters. The molecule has 0 aromatic heterocycles. The van der Waals surface area contributed by atoms with E-state index in [9.17, 15) is 0 Å². The molecule has 0 amide bonds. The first-order chi connectivity index (χ1) is 7.00. The molecule has 1 saturated carbocycles. The molecule has 0 saturated heterocycles. The van der Waals surface area contributed by atoms with Gasteiger partial charge < -0.3 is 0 Å². The fraction of sp³-hybridized carbons (Fsp3) is 1.00. The number of hydrogen-bond donors (Lipinski definition) is 0. The minimum absolute atomic E-state index is 0.861. The van der Waals surface area contributed by atoms with E-state index >= 15 is 0 Å². The number of hydrogen-bond acceptors (Lipinski definition) is 0. The van der Waals surface area contributed by atoms with Crippen LogP contribution in [0.5, 0.6) is 0 Å². The van der Waals surface area contributed by atoms with Crippen molar-refractivity contribution >= 4 is 0 Å². The van der Waals surface area contributed by atoms with E-state index < -0.39 is 0 Å². The molecule has 0 nitrogen and oxygen atoms in total. The van der Waals surface area contributed by atoms with Crippen LogP contribution in [0.25, 0.3) is 0 Å². The third kappa shape index (κ3) is 4.17. The highest BCUT2D eigenvalue weighted by Crippen LogP contribution is 2.37. The molecule has 0 aliphatic heterocycles. The first-order valence-electron chi connectivity index (χ1n) is 7.00. The smallest absolute Gasteiger partial charge is 0.0386 e. The molecular formula is C15H30. The Labute approximate surface area is 96.8 Å². The molecule has 1 rings (SSSR count). The molecule has 1 aliphatic carbocycles. The summed E-state index contributed by atoms with van der Waals surface area (Å²) in [5, 5.41) is 0. The van der Waals surface area contributed by atoms with Gasteiger partial charge in [0.05, 0.1) is 0 Å². The predicted octanol–water partition coefficient (Wildman–Crippen LogP) is 5.13. The lowest BCUT2D eigenvalue weighted by molar-refractivity contribution is 0.287. The molecule has 1 aliphatic rings. The van der Waals surface area contributed by atoms with Crippen molar-refractivity contribution in [2.75, 3.05) is 0 Å². The summed E-state index contributed by atoms with van der Waals surface area (Å²) in [5.41, 5.74) is 0. The zero-order valence-corrected chi connectivity index (χ0v) is 11.4. The summed E-state index contributed by atoms with van der Waals surface area (Å²) in [7, 11) is 0. The summed E-state index contributed by atoms with van der Waals surface area (Å²) in [6, 6.07) is 0. The van der Waals surface area contributed by atoms with Crippen LogP contribution in [-0.4, -0.2) is 0 Å². The highest BCUT2D eigenvalue weighted by molar-refractivity contribution is 4.77. The maximum absolute atomic E-state index is 2.48. The summed E-state index contributed by atoms with van der Waals surface area (Å²) < 4.78 is 0. The van der Waals surface area contributed by atoms with Gasteiger partial charge in [-0.1, -0.05) is 53.9 Å². The summed E-state index contributed by atoms with van der Waals surface area (Å²) >= 11 is 0. The van der Waals surface area contributed by atoms with Gasteiger partial charge in [0.25, 0.3) is 0 Å². The Hall–Kier alpha value is 0. The van der Waals surface area contributed by atoms with Gasteiger partial charge in [-0.2, -0.15) is 0 Å². The molecular weight excluding hydrogens is 180 g/mol. The van der Waals surface area contributed by atoms with Crippen molar-refractivity contribution in [1.82, 2.24) is 0 Å². The van der Waals surface area contributed by atoms with Gasteiger partial charge in [0.2, 0.25) is 0 Å². The summed E-state index contributed by atoms with van der Waals surface area (Å²) in [6.07, 6.45) is 7.37. The van der Waals surface area contributed by atoms with Gasteiger partial charge >= 0.3 is 0 Å². The van der Waals surface area contributed by atoms with Crippen LogP contribution in [0.15, 0.2) is 0 Å². The van der Waals surface area contributed by atoms with Crippen molar-refractivity contribution in [3.63, 3.8) is 0 Å². The second-order valence-electron chi connectivity index (χ2n) is 6.45. The van der Waals surface area contributed by atoms with E-state index in [0.717, 1.165) is 29.6 Å². The van der Waals surface area contributed by atoms with Crippen molar-refractivity contribution in [3.05, 3.63) is 0 Å². The maximum atomic E-state index is 2.48. The first-order valence-corrected chi connectivity index (χ1v) is 7.00. The van der Waals surface area contributed by atoms with E-state index in [4.69, 9.17) is 0 Å². The van der Waals surface area contributed by atoms with Crippen LogP contribution >= 0.6 is 0 Å². The zero-order chi connectivity index (χ0) is 11.4. The van der Waals surface area contributed by atoms with Gasteiger partial charge in [0.15, 0.2) is 0 Å². The Morgan fingerprint density at radius 3 is 2.13 bits per heavy atom. The van der Waals surface area contributed by atoms with E-state index in [0.29, 0.717) is 0 Å². The van der Waals surface area contributed by atoms with Crippen LogP contribution in [0.4, 0.5) is 0 Å². The zero-order valence-electron chi connectivity index (χ0n) is 11.4. The van der Waals surface area contributed by atoms with E-state index in [2.05, 4.69) is 34.6 Å². The Kier molecular flexibility index (Phi) is 5.15. The molecule has 0 radical (unpaired) electrons. The lowest BCUT2D eigenvalue weighted by Crippen LogP contribution is -2.12. The highest BCUT2D eigenvalue weighted by Gasteiger charge is 2.26. The molecule has 0 aromatic rings. The van der Waals surface area contributed by atoms with Crippen LogP contribution < -0.4 is 0 Å². The van der Waals surface area contributed by atoms with Gasteiger partial charge in [-0.3, -0.25) is 0 Å². The van der Waals surface area contributed by atoms with Gasteiger partial charge in [0.1, 0.15) is 0 Å². The Morgan fingerprint density at radius 1 is 1.00 bits per heavy atom. The lowest BCUT2D eigenvalue weighted by atomic mass is 9.84. The molecule has 0 N–H and O–H groups in total. The van der Waals surface area contributed by atoms with Gasteiger partial charge in [-0.05, 0) is 42.4 Å².